The van der Waals surface area contributed by atoms with Crippen LogP contribution in [0.3, 0.4) is 0 Å². The molecule has 2 amide bonds. The van der Waals surface area contributed by atoms with Gasteiger partial charge >= 0.3 is 0 Å². The number of hydrogen-bond donors (Lipinski definition) is 2. The lowest BCUT2D eigenvalue weighted by Crippen LogP contribution is -2.28. The van der Waals surface area contributed by atoms with Crippen molar-refractivity contribution in [3.8, 4) is 11.5 Å². The number of benzene rings is 1. The molecule has 0 radical (unpaired) electrons. The fraction of sp³-hybridized carbons (Fsp3) is 0.312. The summed E-state index contributed by atoms with van der Waals surface area (Å²) in [5.74, 6) is -1.03. The second-order valence-electron chi connectivity index (χ2n) is 5.98. The molecule has 6 nitrogen and oxygen atoms in total. The molecule has 2 N–H and O–H groups in total. The molecular formula is C16H14N2O4. The Hall–Kier alpha value is -2.63. The molecule has 2 fully saturated rings. The highest BCUT2D eigenvalue weighted by Gasteiger charge is 2.59. The highest BCUT2D eigenvalue weighted by Crippen LogP contribution is 2.52. The Morgan fingerprint density at radius 1 is 1.09 bits per heavy atom. The van der Waals surface area contributed by atoms with E-state index in [2.05, 4.69) is 5.10 Å². The molecule has 1 saturated heterocycles. The van der Waals surface area contributed by atoms with Crippen molar-refractivity contribution in [3.05, 3.63) is 35.9 Å². The minimum Gasteiger partial charge on any atom is -0.508 e. The molecular weight excluding hydrogens is 284 g/mol. The van der Waals surface area contributed by atoms with Crippen LogP contribution in [0.15, 0.2) is 35.5 Å². The zero-order valence-corrected chi connectivity index (χ0v) is 11.6. The van der Waals surface area contributed by atoms with Crippen molar-refractivity contribution in [1.29, 1.82) is 0 Å². The van der Waals surface area contributed by atoms with Crippen LogP contribution in [0.25, 0.3) is 0 Å². The van der Waals surface area contributed by atoms with Crippen LogP contribution in [0, 0.1) is 23.7 Å². The van der Waals surface area contributed by atoms with Gasteiger partial charge in [-0.05, 0) is 30.4 Å². The average Bonchev–Trinajstić information content (AvgIpc) is 3.14. The molecule has 112 valence electrons. The van der Waals surface area contributed by atoms with Crippen molar-refractivity contribution >= 4 is 18.0 Å². The summed E-state index contributed by atoms with van der Waals surface area (Å²) in [6.07, 6.45) is 6.19. The number of imide groups is 1. The third-order valence-electron chi connectivity index (χ3n) is 4.77. The van der Waals surface area contributed by atoms with E-state index in [0.29, 0.717) is 5.56 Å². The van der Waals surface area contributed by atoms with Gasteiger partial charge < -0.3 is 10.2 Å². The van der Waals surface area contributed by atoms with Crippen LogP contribution in [-0.4, -0.2) is 33.3 Å². The first-order valence-electron chi connectivity index (χ1n) is 7.18. The first-order chi connectivity index (χ1) is 10.6. The number of hydrazone groups is 1. The molecule has 6 heteroatoms. The molecule has 1 heterocycles. The Balaban J connectivity index is 1.60. The number of rotatable bonds is 2. The van der Waals surface area contributed by atoms with Gasteiger partial charge in [0.15, 0.2) is 0 Å². The molecule has 4 atom stereocenters. The second-order valence-corrected chi connectivity index (χ2v) is 5.98. The van der Waals surface area contributed by atoms with Crippen LogP contribution >= 0.6 is 0 Å². The van der Waals surface area contributed by atoms with Crippen LogP contribution in [0.4, 0.5) is 0 Å². The minimum absolute atomic E-state index is 0.0693. The summed E-state index contributed by atoms with van der Waals surface area (Å²) in [6, 6.07) is 4.03. The van der Waals surface area contributed by atoms with Gasteiger partial charge in [-0.1, -0.05) is 12.2 Å². The predicted octanol–water partition coefficient (Wildman–Crippen LogP) is 1.24. The van der Waals surface area contributed by atoms with Gasteiger partial charge in [0.1, 0.15) is 11.5 Å². The minimum atomic E-state index is -0.284. The zero-order valence-electron chi connectivity index (χ0n) is 11.6. The SMILES string of the molecule is O=C1[C@@H]2[C@@H](C(=O)N1/N=C\c1ccc(O)cc1O)[C@H]1C=C[C@H]2C1. The van der Waals surface area contributed by atoms with Gasteiger partial charge in [-0.15, -0.1) is 0 Å². The van der Waals surface area contributed by atoms with E-state index in [1.807, 2.05) is 12.2 Å². The third kappa shape index (κ3) is 1.70. The van der Waals surface area contributed by atoms with Crippen LogP contribution in [-0.2, 0) is 9.59 Å². The Labute approximate surface area is 126 Å². The second kappa shape index (κ2) is 4.43. The van der Waals surface area contributed by atoms with Crippen LogP contribution in [0.1, 0.15) is 12.0 Å². The molecule has 0 spiro atoms. The summed E-state index contributed by atoms with van der Waals surface area (Å²) in [4.78, 5) is 24.8. The van der Waals surface area contributed by atoms with Gasteiger partial charge in [0.25, 0.3) is 11.8 Å². The van der Waals surface area contributed by atoms with Crippen LogP contribution in [0.2, 0.25) is 0 Å². The number of carbonyl (C=O) groups is 2. The topological polar surface area (TPSA) is 90.2 Å². The highest BCUT2D eigenvalue weighted by atomic mass is 16.3. The van der Waals surface area contributed by atoms with Crippen molar-refractivity contribution in [2.75, 3.05) is 0 Å². The number of phenolic OH excluding ortho intramolecular Hbond substituents is 2. The average molecular weight is 298 g/mol. The number of allylic oxidation sites excluding steroid dienone is 2. The van der Waals surface area contributed by atoms with E-state index < -0.39 is 0 Å². The predicted molar refractivity (Wildman–Crippen MR) is 76.9 cm³/mol. The molecule has 1 aliphatic heterocycles. The Morgan fingerprint density at radius 2 is 1.73 bits per heavy atom. The normalized spacial score (nSPS) is 32.5. The summed E-state index contributed by atoms with van der Waals surface area (Å²) < 4.78 is 0. The quantitative estimate of drug-likeness (QED) is 0.488. The fourth-order valence-electron chi connectivity index (χ4n) is 3.76. The smallest absolute Gasteiger partial charge is 0.254 e. The van der Waals surface area contributed by atoms with E-state index in [-0.39, 0.29) is 47.0 Å². The molecule has 22 heavy (non-hydrogen) atoms. The Bertz CT molecular complexity index is 710. The number of nitrogens with zero attached hydrogens (tertiary/aromatic N) is 2. The molecule has 2 bridgehead atoms. The number of phenols is 2. The Kier molecular flexibility index (Phi) is 2.63. The van der Waals surface area contributed by atoms with Gasteiger partial charge in [0, 0.05) is 11.6 Å². The summed E-state index contributed by atoms with van der Waals surface area (Å²) in [7, 11) is 0. The molecule has 1 aromatic carbocycles. The van der Waals surface area contributed by atoms with E-state index in [1.54, 1.807) is 0 Å². The number of carbonyl (C=O) groups excluding carboxylic acids is 2. The van der Waals surface area contributed by atoms with Crippen molar-refractivity contribution in [3.63, 3.8) is 0 Å². The summed E-state index contributed by atoms with van der Waals surface area (Å²) in [6.45, 7) is 0. The fourth-order valence-corrected chi connectivity index (χ4v) is 3.76. The monoisotopic (exact) mass is 298 g/mol. The lowest BCUT2D eigenvalue weighted by molar-refractivity contribution is -0.140. The standard InChI is InChI=1S/C16H14N2O4/c19-11-4-3-10(12(20)6-11)7-17-18-15(21)13-8-1-2-9(5-8)14(13)16(18)22/h1-4,6-9,13-14,19-20H,5H2/b17-7-/t8-,9-,13-,14-/m0/s1. The third-order valence-corrected chi connectivity index (χ3v) is 4.77. The first kappa shape index (κ1) is 13.1. The molecule has 0 unspecified atom stereocenters. The number of hydrogen-bond acceptors (Lipinski definition) is 5. The van der Waals surface area contributed by atoms with Crippen molar-refractivity contribution in [2.24, 2.45) is 28.8 Å². The Morgan fingerprint density at radius 3 is 2.32 bits per heavy atom. The van der Waals surface area contributed by atoms with Crippen LogP contribution < -0.4 is 0 Å². The highest BCUT2D eigenvalue weighted by molar-refractivity contribution is 6.06. The maximum absolute atomic E-state index is 12.4. The molecule has 1 saturated carbocycles. The first-order valence-corrected chi connectivity index (χ1v) is 7.18. The van der Waals surface area contributed by atoms with E-state index in [1.165, 1.54) is 24.4 Å². The largest absolute Gasteiger partial charge is 0.508 e. The van der Waals surface area contributed by atoms with Crippen LogP contribution in [0.5, 0.6) is 11.5 Å². The van der Waals surface area contributed by atoms with E-state index in [4.69, 9.17) is 0 Å². The van der Waals surface area contributed by atoms with Gasteiger partial charge in [0.2, 0.25) is 0 Å². The van der Waals surface area contributed by atoms with E-state index in [0.717, 1.165) is 11.4 Å². The van der Waals surface area contributed by atoms with Crippen molar-refractivity contribution < 1.29 is 19.8 Å². The molecule has 3 aliphatic rings. The maximum atomic E-state index is 12.4. The summed E-state index contributed by atoms with van der Waals surface area (Å²) in [5.41, 5.74) is 0.330. The number of aromatic hydroxyl groups is 2. The van der Waals surface area contributed by atoms with Gasteiger partial charge in [-0.2, -0.15) is 10.1 Å². The van der Waals surface area contributed by atoms with E-state index in [9.17, 15) is 19.8 Å². The lowest BCUT2D eigenvalue weighted by Gasteiger charge is -2.13. The summed E-state index contributed by atoms with van der Waals surface area (Å²) in [5, 5.41) is 23.8. The molecule has 1 aromatic rings. The summed E-state index contributed by atoms with van der Waals surface area (Å²) >= 11 is 0. The lowest BCUT2D eigenvalue weighted by atomic mass is 9.85. The number of fused-ring (bicyclic) bond motifs is 5. The van der Waals surface area contributed by atoms with Crippen molar-refractivity contribution in [1.82, 2.24) is 5.01 Å². The zero-order chi connectivity index (χ0) is 15.4. The van der Waals surface area contributed by atoms with Gasteiger partial charge in [-0.25, -0.2) is 0 Å². The number of amides is 2. The maximum Gasteiger partial charge on any atom is 0.254 e. The van der Waals surface area contributed by atoms with E-state index >= 15 is 0 Å². The molecule has 4 rings (SSSR count). The molecule has 2 aliphatic carbocycles. The van der Waals surface area contributed by atoms with Gasteiger partial charge in [0.05, 0.1) is 18.1 Å². The molecule has 0 aromatic heterocycles. The van der Waals surface area contributed by atoms with Gasteiger partial charge in [-0.3, -0.25) is 9.59 Å². The van der Waals surface area contributed by atoms with Crippen molar-refractivity contribution in [2.45, 2.75) is 6.42 Å².